The Kier molecular flexibility index (Phi) is 14.1. The predicted molar refractivity (Wildman–Crippen MR) is 82.6 cm³/mol. The van der Waals surface area contributed by atoms with Gasteiger partial charge in [-0.15, -0.1) is 12.4 Å². The first-order chi connectivity index (χ1) is 7.18. The van der Waals surface area contributed by atoms with Crippen molar-refractivity contribution in [3.05, 3.63) is 0 Å². The molecule has 0 fully saturated rings. The van der Waals surface area contributed by atoms with Gasteiger partial charge in [0.1, 0.15) is 0 Å². The summed E-state index contributed by atoms with van der Waals surface area (Å²) in [5, 5.41) is 0. The molecule has 0 heterocycles. The number of halogens is 1. The van der Waals surface area contributed by atoms with Crippen LogP contribution in [0.5, 0.6) is 0 Å². The summed E-state index contributed by atoms with van der Waals surface area (Å²) in [4.78, 5) is 0. The van der Waals surface area contributed by atoms with Gasteiger partial charge in [-0.25, -0.2) is 0 Å². The van der Waals surface area contributed by atoms with Gasteiger partial charge in [-0.1, -0.05) is 90.4 Å². The van der Waals surface area contributed by atoms with Gasteiger partial charge in [-0.3, -0.25) is 0 Å². The minimum absolute atomic E-state index is 0. The van der Waals surface area contributed by atoms with E-state index in [1.807, 2.05) is 0 Å². The zero-order chi connectivity index (χ0) is 11.6. The number of hydrogen-bond acceptors (Lipinski definition) is 0. The van der Waals surface area contributed by atoms with Crippen LogP contribution in [0.4, 0.5) is 0 Å². The number of hydrogen-bond donors (Lipinski definition) is 0. The topological polar surface area (TPSA) is 0 Å². The molecule has 0 spiro atoms. The van der Waals surface area contributed by atoms with E-state index in [2.05, 4.69) is 27.3 Å². The van der Waals surface area contributed by atoms with E-state index in [-0.39, 0.29) is 12.4 Å². The van der Waals surface area contributed by atoms with Crippen molar-refractivity contribution < 1.29 is 0 Å². The zero-order valence-corrected chi connectivity index (χ0v) is 13.8. The summed E-state index contributed by atoms with van der Waals surface area (Å²) in [6, 6.07) is 4.78. The van der Waals surface area contributed by atoms with Crippen LogP contribution >= 0.6 is 12.4 Å². The first-order valence-corrected chi connectivity index (χ1v) is 10.3. The van der Waals surface area contributed by atoms with E-state index in [0.717, 1.165) is 0 Å². The Bertz CT molecular complexity index is 129. The average Bonchev–Trinajstić information content (AvgIpc) is 2.24. The second-order valence-electron chi connectivity index (χ2n) is 5.47. The van der Waals surface area contributed by atoms with Crippen LogP contribution in [0.2, 0.25) is 24.7 Å². The van der Waals surface area contributed by atoms with Gasteiger partial charge in [0.2, 0.25) is 0 Å². The second-order valence-corrected chi connectivity index (χ2v) is 10.6. The molecule has 0 rings (SSSR count). The van der Waals surface area contributed by atoms with E-state index >= 15 is 0 Å². The van der Waals surface area contributed by atoms with E-state index in [1.165, 1.54) is 44.9 Å². The lowest BCUT2D eigenvalue weighted by atomic mass is 10.3. The molecule has 0 N–H and O–H groups in total. The summed E-state index contributed by atoms with van der Waals surface area (Å²) in [6.07, 6.45) is 10.1. The normalized spacial score (nSPS) is 11.2. The summed E-state index contributed by atoms with van der Waals surface area (Å²) in [6.45, 7) is 9.65. The summed E-state index contributed by atoms with van der Waals surface area (Å²) in [5.74, 6) is 0. The van der Waals surface area contributed by atoms with Crippen LogP contribution in [0.25, 0.3) is 0 Å². The van der Waals surface area contributed by atoms with E-state index in [0.29, 0.717) is 0 Å². The third kappa shape index (κ3) is 9.71. The SMILES string of the molecule is CCCCC[Si](C)(CCCC)CCCC.Cl. The smallest absolute Gasteiger partial charge is 0.0504 e. The molecule has 0 bridgehead atoms. The van der Waals surface area contributed by atoms with Crippen LogP contribution in [-0.4, -0.2) is 8.07 Å². The highest BCUT2D eigenvalue weighted by Crippen LogP contribution is 2.28. The van der Waals surface area contributed by atoms with Gasteiger partial charge in [0.25, 0.3) is 0 Å². The van der Waals surface area contributed by atoms with Gasteiger partial charge in [0.15, 0.2) is 0 Å². The van der Waals surface area contributed by atoms with E-state index < -0.39 is 8.07 Å². The Hall–Kier alpha value is 0.507. The number of rotatable bonds is 10. The zero-order valence-electron chi connectivity index (χ0n) is 12.0. The molecule has 0 nitrogen and oxygen atoms in total. The van der Waals surface area contributed by atoms with Crippen molar-refractivity contribution in [3.8, 4) is 0 Å². The maximum absolute atomic E-state index is 2.66. The molecule has 0 aliphatic carbocycles. The molecular formula is C14H33ClSi. The predicted octanol–water partition coefficient (Wildman–Crippen LogP) is 6.28. The molecule has 2 heteroatoms. The molecule has 0 aliphatic heterocycles. The molecule has 0 radical (unpaired) electrons. The van der Waals surface area contributed by atoms with E-state index in [1.54, 1.807) is 18.1 Å². The lowest BCUT2D eigenvalue weighted by Crippen LogP contribution is -2.29. The average molecular weight is 265 g/mol. The summed E-state index contributed by atoms with van der Waals surface area (Å²) < 4.78 is 0. The first kappa shape index (κ1) is 18.9. The highest BCUT2D eigenvalue weighted by Gasteiger charge is 2.24. The molecule has 0 aromatic carbocycles. The Balaban J connectivity index is 0. The lowest BCUT2D eigenvalue weighted by Gasteiger charge is -2.27. The molecule has 100 valence electrons. The van der Waals surface area contributed by atoms with Gasteiger partial charge in [-0.2, -0.15) is 0 Å². The summed E-state index contributed by atoms with van der Waals surface area (Å²) in [5.41, 5.74) is 0. The molecule has 0 unspecified atom stereocenters. The maximum Gasteiger partial charge on any atom is 0.0504 e. The van der Waals surface area contributed by atoms with Gasteiger partial charge in [-0.05, 0) is 0 Å². The van der Waals surface area contributed by atoms with Crippen molar-refractivity contribution in [3.63, 3.8) is 0 Å². The minimum atomic E-state index is -0.829. The van der Waals surface area contributed by atoms with Gasteiger partial charge in [0.05, 0.1) is 8.07 Å². The summed E-state index contributed by atoms with van der Waals surface area (Å²) >= 11 is 0. The van der Waals surface area contributed by atoms with Crippen molar-refractivity contribution in [1.29, 1.82) is 0 Å². The fourth-order valence-corrected chi connectivity index (χ4v) is 6.65. The molecule has 0 aromatic rings. The van der Waals surface area contributed by atoms with Crippen molar-refractivity contribution >= 4 is 20.5 Å². The quantitative estimate of drug-likeness (QED) is 0.322. The van der Waals surface area contributed by atoms with E-state index in [4.69, 9.17) is 0 Å². The molecule has 0 saturated heterocycles. The van der Waals surface area contributed by atoms with Gasteiger partial charge in [0, 0.05) is 0 Å². The van der Waals surface area contributed by atoms with Crippen molar-refractivity contribution in [2.45, 2.75) is 90.4 Å². The van der Waals surface area contributed by atoms with Gasteiger partial charge < -0.3 is 0 Å². The van der Waals surface area contributed by atoms with Crippen LogP contribution < -0.4 is 0 Å². The molecular weight excluding hydrogens is 232 g/mol. The van der Waals surface area contributed by atoms with Gasteiger partial charge >= 0.3 is 0 Å². The molecule has 0 aliphatic rings. The minimum Gasteiger partial charge on any atom is -0.147 e. The van der Waals surface area contributed by atoms with Crippen LogP contribution in [0.1, 0.15) is 65.7 Å². The largest absolute Gasteiger partial charge is 0.147 e. The van der Waals surface area contributed by atoms with E-state index in [9.17, 15) is 0 Å². The fraction of sp³-hybridized carbons (Fsp3) is 1.00. The van der Waals surface area contributed by atoms with Crippen molar-refractivity contribution in [2.24, 2.45) is 0 Å². The monoisotopic (exact) mass is 264 g/mol. The van der Waals surface area contributed by atoms with Crippen molar-refractivity contribution in [2.75, 3.05) is 0 Å². The highest BCUT2D eigenvalue weighted by atomic mass is 35.5. The number of unbranched alkanes of at least 4 members (excludes halogenated alkanes) is 4. The first-order valence-electron chi connectivity index (χ1n) is 7.18. The van der Waals surface area contributed by atoms with Crippen molar-refractivity contribution in [1.82, 2.24) is 0 Å². The standard InChI is InChI=1S/C14H32Si.ClH/c1-5-8-11-14-15(4,12-9-6-2)13-10-7-3;/h5-14H2,1-4H3;1H. The molecule has 0 amide bonds. The molecule has 0 aromatic heterocycles. The highest BCUT2D eigenvalue weighted by molar-refractivity contribution is 6.78. The molecule has 0 saturated carbocycles. The lowest BCUT2D eigenvalue weighted by molar-refractivity contribution is 0.745. The van der Waals surface area contributed by atoms with Crippen LogP contribution in [0, 0.1) is 0 Å². The summed E-state index contributed by atoms with van der Waals surface area (Å²) in [7, 11) is -0.829. The second kappa shape index (κ2) is 12.0. The Labute approximate surface area is 111 Å². The van der Waals surface area contributed by atoms with Crippen LogP contribution in [0.3, 0.4) is 0 Å². The third-order valence-electron chi connectivity index (χ3n) is 3.65. The Morgan fingerprint density at radius 2 is 1.00 bits per heavy atom. The molecule has 0 atom stereocenters. The Morgan fingerprint density at radius 3 is 1.38 bits per heavy atom. The Morgan fingerprint density at radius 1 is 0.625 bits per heavy atom. The third-order valence-corrected chi connectivity index (χ3v) is 8.33. The fourth-order valence-electron chi connectivity index (χ4n) is 2.38. The molecule has 16 heavy (non-hydrogen) atoms. The van der Waals surface area contributed by atoms with Crippen LogP contribution in [0.15, 0.2) is 0 Å². The maximum atomic E-state index is 2.66. The van der Waals surface area contributed by atoms with Crippen LogP contribution in [-0.2, 0) is 0 Å².